The van der Waals surface area contributed by atoms with Crippen LogP contribution in [0.1, 0.15) is 5.56 Å². The van der Waals surface area contributed by atoms with Crippen molar-refractivity contribution in [3.8, 4) is 17.2 Å². The van der Waals surface area contributed by atoms with Crippen LogP contribution in [0.3, 0.4) is 0 Å². The minimum Gasteiger partial charge on any atom is -0.550 e. The lowest BCUT2D eigenvalue weighted by Crippen LogP contribution is -2.24. The van der Waals surface area contributed by atoms with Gasteiger partial charge in [0.2, 0.25) is 0 Å². The second kappa shape index (κ2) is 7.65. The zero-order chi connectivity index (χ0) is 16.3. The van der Waals surface area contributed by atoms with Crippen molar-refractivity contribution in [3.05, 3.63) is 48.4 Å². The van der Waals surface area contributed by atoms with Gasteiger partial charge in [-0.15, -0.1) is 0 Å². The molecule has 0 saturated heterocycles. The summed E-state index contributed by atoms with van der Waals surface area (Å²) in [4.78, 5) is 10.7. The fourth-order valence-corrected chi connectivity index (χ4v) is 3.96. The van der Waals surface area contributed by atoms with Crippen LogP contribution in [0, 0.1) is 3.57 Å². The van der Waals surface area contributed by atoms with Crippen molar-refractivity contribution >= 4 is 60.4 Å². The zero-order valence-corrected chi connectivity index (χ0v) is 16.7. The Labute approximate surface area is 158 Å². The van der Waals surface area contributed by atoms with Crippen LogP contribution in [-0.4, -0.2) is 13.1 Å². The molecule has 0 bridgehead atoms. The number of benzene rings is 2. The highest BCUT2D eigenvalue weighted by atomic mass is 127. The highest BCUT2D eigenvalue weighted by Crippen LogP contribution is 2.39. The molecule has 0 aliphatic carbocycles. The number of methoxy groups -OCH3 is 1. The number of ether oxygens (including phenoxy) is 2. The maximum atomic E-state index is 10.7. The molecule has 0 aliphatic rings. The van der Waals surface area contributed by atoms with Crippen LogP contribution >= 0.6 is 54.5 Å². The average Bonchev–Trinajstić information content (AvgIpc) is 2.42. The summed E-state index contributed by atoms with van der Waals surface area (Å²) in [6.45, 7) is 0. The van der Waals surface area contributed by atoms with E-state index in [0.29, 0.717) is 26.0 Å². The molecule has 0 N–H and O–H groups in total. The first-order valence-electron chi connectivity index (χ1n) is 6.10. The van der Waals surface area contributed by atoms with Crippen LogP contribution in [0.5, 0.6) is 17.2 Å². The lowest BCUT2D eigenvalue weighted by atomic mass is 10.1. The van der Waals surface area contributed by atoms with Crippen LogP contribution in [0.2, 0.25) is 0 Å². The quantitative estimate of drug-likeness (QED) is 0.540. The van der Waals surface area contributed by atoms with E-state index in [9.17, 15) is 9.90 Å². The molecule has 0 spiro atoms. The number of aliphatic carboxylic acids is 1. The summed E-state index contributed by atoms with van der Waals surface area (Å²) in [7, 11) is 1.61. The predicted molar refractivity (Wildman–Crippen MR) is 96.3 cm³/mol. The minimum absolute atomic E-state index is 0.155. The number of halogens is 3. The SMILES string of the molecule is COc1ccc(Oc2c(Br)cc(CC(=O)[O-])cc2Br)cc1I. The Hall–Kier alpha value is -0.800. The molecule has 0 amide bonds. The maximum absolute atomic E-state index is 10.7. The van der Waals surface area contributed by atoms with E-state index in [1.165, 1.54) is 0 Å². The van der Waals surface area contributed by atoms with Gasteiger partial charge in [-0.05, 0) is 90.3 Å². The van der Waals surface area contributed by atoms with Gasteiger partial charge in [0.15, 0.2) is 5.75 Å². The van der Waals surface area contributed by atoms with Crippen molar-refractivity contribution < 1.29 is 19.4 Å². The molecular formula is C15H10Br2IO4-. The van der Waals surface area contributed by atoms with E-state index in [2.05, 4.69) is 54.5 Å². The van der Waals surface area contributed by atoms with Crippen molar-refractivity contribution in [3.63, 3.8) is 0 Å². The third kappa shape index (κ3) is 4.36. The highest BCUT2D eigenvalue weighted by Gasteiger charge is 2.11. The summed E-state index contributed by atoms with van der Waals surface area (Å²) in [5.41, 5.74) is 0.621. The summed E-state index contributed by atoms with van der Waals surface area (Å²) >= 11 is 8.96. The molecule has 116 valence electrons. The van der Waals surface area contributed by atoms with Crippen LogP contribution in [0.25, 0.3) is 0 Å². The number of carboxylic acids is 1. The Morgan fingerprint density at radius 3 is 2.36 bits per heavy atom. The molecule has 0 fully saturated rings. The van der Waals surface area contributed by atoms with Gasteiger partial charge in [0, 0.05) is 12.4 Å². The molecule has 0 aromatic heterocycles. The molecule has 0 radical (unpaired) electrons. The standard InChI is InChI=1S/C15H11Br2IO4/c1-21-13-3-2-9(7-12(13)18)22-15-10(16)4-8(5-11(15)17)6-14(19)20/h2-5,7H,6H2,1H3,(H,19,20)/p-1. The largest absolute Gasteiger partial charge is 0.550 e. The van der Waals surface area contributed by atoms with E-state index in [1.807, 2.05) is 12.1 Å². The van der Waals surface area contributed by atoms with E-state index in [1.54, 1.807) is 25.3 Å². The Balaban J connectivity index is 2.29. The molecule has 2 aromatic carbocycles. The zero-order valence-electron chi connectivity index (χ0n) is 11.4. The fraction of sp³-hybridized carbons (Fsp3) is 0.133. The van der Waals surface area contributed by atoms with Crippen molar-refractivity contribution in [2.24, 2.45) is 0 Å². The summed E-state index contributed by atoms with van der Waals surface area (Å²) in [5.74, 6) is 0.870. The minimum atomic E-state index is -1.13. The predicted octanol–water partition coefficient (Wildman–Crippen LogP) is 3.91. The van der Waals surface area contributed by atoms with Crippen molar-refractivity contribution in [1.82, 2.24) is 0 Å². The van der Waals surface area contributed by atoms with Gasteiger partial charge in [-0.2, -0.15) is 0 Å². The van der Waals surface area contributed by atoms with Gasteiger partial charge in [-0.3, -0.25) is 0 Å². The van der Waals surface area contributed by atoms with Gasteiger partial charge in [0.1, 0.15) is 11.5 Å². The fourth-order valence-electron chi connectivity index (χ4n) is 1.81. The van der Waals surface area contributed by atoms with Gasteiger partial charge in [0.05, 0.1) is 19.6 Å². The maximum Gasteiger partial charge on any atom is 0.155 e. The summed E-state index contributed by atoms with van der Waals surface area (Å²) in [6.07, 6.45) is -0.155. The number of carbonyl (C=O) groups excluding carboxylic acids is 1. The molecule has 7 heteroatoms. The molecule has 4 nitrogen and oxygen atoms in total. The van der Waals surface area contributed by atoms with Crippen molar-refractivity contribution in [1.29, 1.82) is 0 Å². The van der Waals surface area contributed by atoms with Crippen LogP contribution in [0.15, 0.2) is 39.3 Å². The van der Waals surface area contributed by atoms with Crippen molar-refractivity contribution in [2.45, 2.75) is 6.42 Å². The average molecular weight is 541 g/mol. The molecule has 0 unspecified atom stereocenters. The second-order valence-electron chi connectivity index (χ2n) is 4.34. The normalized spacial score (nSPS) is 10.4. The van der Waals surface area contributed by atoms with Crippen LogP contribution in [0.4, 0.5) is 0 Å². The topological polar surface area (TPSA) is 58.6 Å². The van der Waals surface area contributed by atoms with E-state index < -0.39 is 5.97 Å². The van der Waals surface area contributed by atoms with E-state index in [4.69, 9.17) is 9.47 Å². The Bertz CT molecular complexity index is 696. The Kier molecular flexibility index (Phi) is 6.10. The summed E-state index contributed by atoms with van der Waals surface area (Å²) in [5, 5.41) is 10.7. The number of hydrogen-bond donors (Lipinski definition) is 0. The molecule has 2 aromatic rings. The first-order valence-corrected chi connectivity index (χ1v) is 8.76. The molecule has 22 heavy (non-hydrogen) atoms. The molecule has 2 rings (SSSR count). The number of carbonyl (C=O) groups is 1. The molecule has 0 saturated carbocycles. The Morgan fingerprint density at radius 1 is 1.23 bits per heavy atom. The van der Waals surface area contributed by atoms with Gasteiger partial charge >= 0.3 is 0 Å². The smallest absolute Gasteiger partial charge is 0.155 e. The second-order valence-corrected chi connectivity index (χ2v) is 7.21. The van der Waals surface area contributed by atoms with Gasteiger partial charge < -0.3 is 19.4 Å². The van der Waals surface area contributed by atoms with Crippen LogP contribution < -0.4 is 14.6 Å². The highest BCUT2D eigenvalue weighted by molar-refractivity contribution is 14.1. The first kappa shape index (κ1) is 17.6. The summed E-state index contributed by atoms with van der Waals surface area (Å²) < 4.78 is 13.3. The molecule has 0 atom stereocenters. The van der Waals surface area contributed by atoms with Gasteiger partial charge in [0.25, 0.3) is 0 Å². The lowest BCUT2D eigenvalue weighted by molar-refractivity contribution is -0.304. The van der Waals surface area contributed by atoms with E-state index in [-0.39, 0.29) is 6.42 Å². The molecule has 0 aliphatic heterocycles. The molecule has 0 heterocycles. The Morgan fingerprint density at radius 2 is 1.86 bits per heavy atom. The third-order valence-corrected chi connectivity index (χ3v) is 4.77. The number of rotatable bonds is 5. The lowest BCUT2D eigenvalue weighted by Gasteiger charge is -2.13. The number of carboxylic acid groups (broad SMARTS) is 1. The van der Waals surface area contributed by atoms with Gasteiger partial charge in [-0.1, -0.05) is 0 Å². The van der Waals surface area contributed by atoms with Crippen molar-refractivity contribution in [2.75, 3.05) is 7.11 Å². The summed E-state index contributed by atoms with van der Waals surface area (Å²) in [6, 6.07) is 8.88. The monoisotopic (exact) mass is 539 g/mol. The third-order valence-electron chi connectivity index (χ3n) is 2.75. The van der Waals surface area contributed by atoms with Crippen LogP contribution in [-0.2, 0) is 11.2 Å². The number of hydrogen-bond acceptors (Lipinski definition) is 4. The molecular weight excluding hydrogens is 531 g/mol. The van der Waals surface area contributed by atoms with E-state index >= 15 is 0 Å². The van der Waals surface area contributed by atoms with E-state index in [0.717, 1.165) is 9.32 Å². The van der Waals surface area contributed by atoms with Gasteiger partial charge in [-0.25, -0.2) is 0 Å². The first-order chi connectivity index (χ1) is 10.4.